The van der Waals surface area contributed by atoms with Gasteiger partial charge in [-0.15, -0.1) is 0 Å². The van der Waals surface area contributed by atoms with Crippen LogP contribution in [0, 0.1) is 0 Å². The van der Waals surface area contributed by atoms with E-state index in [0.717, 1.165) is 22.4 Å². The van der Waals surface area contributed by atoms with Gasteiger partial charge in [0.2, 0.25) is 10.0 Å². The largest absolute Gasteiger partial charge is 0.496 e. The first-order valence-corrected chi connectivity index (χ1v) is 9.37. The lowest BCUT2D eigenvalue weighted by atomic mass is 10.0. The van der Waals surface area contributed by atoms with Gasteiger partial charge < -0.3 is 4.74 Å². The van der Waals surface area contributed by atoms with E-state index in [1.54, 1.807) is 7.11 Å². The molecule has 124 valence electrons. The molecule has 0 atom stereocenters. The third-order valence-electron chi connectivity index (χ3n) is 3.71. The standard InChI is InChI=1S/C18H23NO3S/c1-14(2)19(23(4,20)21)13-15-9-11-16(12-10-15)17-7-5-6-8-18(17)22-3/h5-12,14H,13H2,1-4H3. The van der Waals surface area contributed by atoms with Gasteiger partial charge in [0.1, 0.15) is 5.75 Å². The highest BCUT2D eigenvalue weighted by Gasteiger charge is 2.20. The lowest BCUT2D eigenvalue weighted by Crippen LogP contribution is -2.35. The third-order valence-corrected chi connectivity index (χ3v) is 5.11. The number of rotatable bonds is 6. The number of hydrogen-bond donors (Lipinski definition) is 0. The number of benzene rings is 2. The second-order valence-corrected chi connectivity index (χ2v) is 7.73. The van der Waals surface area contributed by atoms with Gasteiger partial charge in [0, 0.05) is 18.2 Å². The number of methoxy groups -OCH3 is 1. The van der Waals surface area contributed by atoms with Crippen LogP contribution >= 0.6 is 0 Å². The van der Waals surface area contributed by atoms with Crippen LogP contribution in [-0.2, 0) is 16.6 Å². The zero-order valence-corrected chi connectivity index (χ0v) is 14.8. The Morgan fingerprint density at radius 3 is 2.17 bits per heavy atom. The molecule has 2 rings (SSSR count). The van der Waals surface area contributed by atoms with E-state index in [0.29, 0.717) is 6.54 Å². The molecule has 0 aliphatic heterocycles. The summed E-state index contributed by atoms with van der Waals surface area (Å²) in [6, 6.07) is 15.7. The fourth-order valence-corrected chi connectivity index (χ4v) is 3.69. The maximum atomic E-state index is 11.9. The molecule has 0 N–H and O–H groups in total. The fraction of sp³-hybridized carbons (Fsp3) is 0.333. The highest BCUT2D eigenvalue weighted by molar-refractivity contribution is 7.88. The summed E-state index contributed by atoms with van der Waals surface area (Å²) in [5.74, 6) is 0.820. The van der Waals surface area contributed by atoms with E-state index in [4.69, 9.17) is 4.74 Å². The first-order chi connectivity index (χ1) is 10.8. The molecule has 0 amide bonds. The Morgan fingerprint density at radius 1 is 1.04 bits per heavy atom. The smallest absolute Gasteiger partial charge is 0.211 e. The van der Waals surface area contributed by atoms with Crippen molar-refractivity contribution < 1.29 is 13.2 Å². The number of nitrogens with zero attached hydrogens (tertiary/aromatic N) is 1. The van der Waals surface area contributed by atoms with Crippen LogP contribution in [0.2, 0.25) is 0 Å². The van der Waals surface area contributed by atoms with Crippen molar-refractivity contribution in [1.29, 1.82) is 0 Å². The summed E-state index contributed by atoms with van der Waals surface area (Å²) in [5, 5.41) is 0. The van der Waals surface area contributed by atoms with Crippen LogP contribution in [0.4, 0.5) is 0 Å². The van der Waals surface area contributed by atoms with Gasteiger partial charge in [-0.25, -0.2) is 8.42 Å². The molecule has 0 aliphatic rings. The minimum absolute atomic E-state index is 0.0705. The SMILES string of the molecule is COc1ccccc1-c1ccc(CN(C(C)C)S(C)(=O)=O)cc1. The minimum Gasteiger partial charge on any atom is -0.496 e. The molecule has 0 unspecified atom stereocenters. The number of para-hydroxylation sites is 1. The van der Waals surface area contributed by atoms with E-state index in [2.05, 4.69) is 0 Å². The van der Waals surface area contributed by atoms with E-state index in [1.165, 1.54) is 10.6 Å². The van der Waals surface area contributed by atoms with Crippen molar-refractivity contribution in [3.8, 4) is 16.9 Å². The maximum absolute atomic E-state index is 11.9. The van der Waals surface area contributed by atoms with E-state index in [-0.39, 0.29) is 6.04 Å². The molecule has 2 aromatic carbocycles. The van der Waals surface area contributed by atoms with Crippen LogP contribution in [0.1, 0.15) is 19.4 Å². The number of sulfonamides is 1. The topological polar surface area (TPSA) is 46.6 Å². The normalized spacial score (nSPS) is 11.9. The van der Waals surface area contributed by atoms with Crippen LogP contribution in [0.15, 0.2) is 48.5 Å². The molecular formula is C18H23NO3S. The van der Waals surface area contributed by atoms with E-state index in [1.807, 2.05) is 62.4 Å². The molecule has 0 radical (unpaired) electrons. The predicted molar refractivity (Wildman–Crippen MR) is 94.0 cm³/mol. The van der Waals surface area contributed by atoms with Crippen molar-refractivity contribution in [3.63, 3.8) is 0 Å². The molecule has 0 aliphatic carbocycles. The van der Waals surface area contributed by atoms with Crippen LogP contribution in [0.25, 0.3) is 11.1 Å². The molecule has 0 aromatic heterocycles. The second kappa shape index (κ2) is 7.15. The summed E-state index contributed by atoms with van der Waals surface area (Å²) in [6.45, 7) is 4.14. The fourth-order valence-electron chi connectivity index (χ4n) is 2.54. The maximum Gasteiger partial charge on any atom is 0.211 e. The van der Waals surface area contributed by atoms with Gasteiger partial charge in [0.05, 0.1) is 13.4 Å². The summed E-state index contributed by atoms with van der Waals surface area (Å²) in [4.78, 5) is 0. The quantitative estimate of drug-likeness (QED) is 0.812. The van der Waals surface area contributed by atoms with Crippen molar-refractivity contribution in [2.24, 2.45) is 0 Å². The van der Waals surface area contributed by atoms with E-state index >= 15 is 0 Å². The Kier molecular flexibility index (Phi) is 5.44. The van der Waals surface area contributed by atoms with Crippen LogP contribution in [-0.4, -0.2) is 32.1 Å². The summed E-state index contributed by atoms with van der Waals surface area (Å²) < 4.78 is 30.6. The number of hydrogen-bond acceptors (Lipinski definition) is 3. The van der Waals surface area contributed by atoms with Gasteiger partial charge in [0.25, 0.3) is 0 Å². The van der Waals surface area contributed by atoms with Crippen LogP contribution < -0.4 is 4.74 Å². The molecule has 23 heavy (non-hydrogen) atoms. The first-order valence-electron chi connectivity index (χ1n) is 7.52. The van der Waals surface area contributed by atoms with E-state index in [9.17, 15) is 8.42 Å². The monoisotopic (exact) mass is 333 g/mol. The van der Waals surface area contributed by atoms with Crippen molar-refractivity contribution >= 4 is 10.0 Å². The van der Waals surface area contributed by atoms with Crippen molar-refractivity contribution in [2.75, 3.05) is 13.4 Å². The Labute approximate surface area is 138 Å². The first kappa shape index (κ1) is 17.5. The summed E-state index contributed by atoms with van der Waals surface area (Å²) in [6.07, 6.45) is 1.25. The van der Waals surface area contributed by atoms with Gasteiger partial charge in [-0.3, -0.25) is 0 Å². The molecule has 0 heterocycles. The lowest BCUT2D eigenvalue weighted by molar-refractivity contribution is 0.351. The highest BCUT2D eigenvalue weighted by Crippen LogP contribution is 2.29. The molecule has 0 saturated carbocycles. The zero-order valence-electron chi connectivity index (χ0n) is 14.0. The van der Waals surface area contributed by atoms with Gasteiger partial charge in [-0.1, -0.05) is 42.5 Å². The average Bonchev–Trinajstić information content (AvgIpc) is 2.51. The molecule has 0 fully saturated rings. The lowest BCUT2D eigenvalue weighted by Gasteiger charge is -2.24. The molecule has 0 bridgehead atoms. The van der Waals surface area contributed by atoms with Gasteiger partial charge in [-0.05, 0) is 31.0 Å². The Bertz CT molecular complexity index is 752. The molecular weight excluding hydrogens is 310 g/mol. The molecule has 0 spiro atoms. The third kappa shape index (κ3) is 4.33. The van der Waals surface area contributed by atoms with Gasteiger partial charge >= 0.3 is 0 Å². The van der Waals surface area contributed by atoms with Crippen LogP contribution in [0.3, 0.4) is 0 Å². The Morgan fingerprint density at radius 2 is 1.65 bits per heavy atom. The molecule has 0 saturated heterocycles. The summed E-state index contributed by atoms with van der Waals surface area (Å²) in [7, 11) is -1.57. The predicted octanol–water partition coefficient (Wildman–Crippen LogP) is 3.53. The zero-order chi connectivity index (χ0) is 17.0. The molecule has 5 heteroatoms. The Balaban J connectivity index is 2.26. The van der Waals surface area contributed by atoms with E-state index < -0.39 is 10.0 Å². The highest BCUT2D eigenvalue weighted by atomic mass is 32.2. The van der Waals surface area contributed by atoms with Gasteiger partial charge in [0.15, 0.2) is 0 Å². The Hall–Kier alpha value is -1.85. The van der Waals surface area contributed by atoms with Crippen LogP contribution in [0.5, 0.6) is 5.75 Å². The summed E-state index contributed by atoms with van der Waals surface area (Å²) >= 11 is 0. The second-order valence-electron chi connectivity index (χ2n) is 5.80. The summed E-state index contributed by atoms with van der Waals surface area (Å²) in [5.41, 5.74) is 3.02. The number of ether oxygens (including phenoxy) is 1. The van der Waals surface area contributed by atoms with Crippen molar-refractivity contribution in [2.45, 2.75) is 26.4 Å². The van der Waals surface area contributed by atoms with Crippen molar-refractivity contribution in [3.05, 3.63) is 54.1 Å². The van der Waals surface area contributed by atoms with Crippen molar-refractivity contribution in [1.82, 2.24) is 4.31 Å². The average molecular weight is 333 g/mol. The van der Waals surface area contributed by atoms with Gasteiger partial charge in [-0.2, -0.15) is 4.31 Å². The molecule has 2 aromatic rings. The minimum atomic E-state index is -3.22. The molecule has 4 nitrogen and oxygen atoms in total.